The van der Waals surface area contributed by atoms with E-state index in [9.17, 15) is 35.1 Å². The van der Waals surface area contributed by atoms with Crippen LogP contribution in [-0.4, -0.2) is 79.5 Å². The van der Waals surface area contributed by atoms with Crippen molar-refractivity contribution in [2.24, 2.45) is 5.11 Å². The molecule has 0 amide bonds. The van der Waals surface area contributed by atoms with Crippen LogP contribution in [0, 0.1) is 0 Å². The lowest BCUT2D eigenvalue weighted by Crippen LogP contribution is -2.50. The SMILES string of the molecule is [N-]=[N+]=NC[C@@H](O)[C@@H](O)[C@H](O)[C@H](O)[C@@H](O)CC(=O)C(=O)O. The summed E-state index contributed by atoms with van der Waals surface area (Å²) >= 11 is 0. The van der Waals surface area contributed by atoms with Crippen LogP contribution in [0.5, 0.6) is 0 Å². The van der Waals surface area contributed by atoms with Gasteiger partial charge in [0.25, 0.3) is 0 Å². The minimum Gasteiger partial charge on any atom is -0.475 e. The summed E-state index contributed by atoms with van der Waals surface area (Å²) in [6.45, 7) is -0.592. The van der Waals surface area contributed by atoms with Gasteiger partial charge in [-0.15, -0.1) is 0 Å². The molecule has 0 aromatic rings. The minimum atomic E-state index is -2.07. The zero-order valence-corrected chi connectivity index (χ0v) is 10.1. The van der Waals surface area contributed by atoms with E-state index >= 15 is 0 Å². The van der Waals surface area contributed by atoms with Crippen LogP contribution in [0.25, 0.3) is 10.4 Å². The molecule has 0 aliphatic carbocycles. The Hall–Kier alpha value is -1.75. The second kappa shape index (κ2) is 8.43. The molecule has 11 nitrogen and oxygen atoms in total. The summed E-state index contributed by atoms with van der Waals surface area (Å²) in [5.74, 6) is -3.22. The van der Waals surface area contributed by atoms with Gasteiger partial charge in [0.05, 0.1) is 18.8 Å². The number of carboxylic acids is 1. The summed E-state index contributed by atoms with van der Waals surface area (Å²) in [5, 5.41) is 58.2. The summed E-state index contributed by atoms with van der Waals surface area (Å²) in [4.78, 5) is 23.4. The van der Waals surface area contributed by atoms with Crippen LogP contribution in [0.3, 0.4) is 0 Å². The summed E-state index contributed by atoms with van der Waals surface area (Å²) < 4.78 is 0. The Kier molecular flexibility index (Phi) is 7.69. The highest BCUT2D eigenvalue weighted by Gasteiger charge is 2.35. The van der Waals surface area contributed by atoms with E-state index in [1.807, 2.05) is 0 Å². The third-order valence-electron chi connectivity index (χ3n) is 2.45. The monoisotopic (exact) mass is 293 g/mol. The predicted molar refractivity (Wildman–Crippen MR) is 61.3 cm³/mol. The first-order chi connectivity index (χ1) is 9.22. The average Bonchev–Trinajstić information content (AvgIpc) is 2.41. The lowest BCUT2D eigenvalue weighted by atomic mass is 9.96. The molecule has 5 atom stereocenters. The number of rotatable bonds is 9. The largest absolute Gasteiger partial charge is 0.475 e. The first-order valence-electron chi connectivity index (χ1n) is 5.39. The second-order valence-corrected chi connectivity index (χ2v) is 3.95. The van der Waals surface area contributed by atoms with Gasteiger partial charge in [0.1, 0.15) is 18.3 Å². The van der Waals surface area contributed by atoms with Crippen molar-refractivity contribution >= 4 is 11.8 Å². The highest BCUT2D eigenvalue weighted by atomic mass is 16.4. The van der Waals surface area contributed by atoms with Gasteiger partial charge in [0.2, 0.25) is 5.78 Å². The van der Waals surface area contributed by atoms with Gasteiger partial charge < -0.3 is 30.6 Å². The molecule has 0 unspecified atom stereocenters. The highest BCUT2D eigenvalue weighted by molar-refractivity contribution is 6.32. The van der Waals surface area contributed by atoms with Crippen molar-refractivity contribution < 1.29 is 40.2 Å². The van der Waals surface area contributed by atoms with E-state index in [-0.39, 0.29) is 0 Å². The minimum absolute atomic E-state index is 0.592. The van der Waals surface area contributed by atoms with E-state index in [0.29, 0.717) is 0 Å². The molecule has 0 saturated heterocycles. The van der Waals surface area contributed by atoms with E-state index in [2.05, 4.69) is 10.0 Å². The van der Waals surface area contributed by atoms with Crippen LogP contribution in [0.15, 0.2) is 5.11 Å². The van der Waals surface area contributed by atoms with Gasteiger partial charge >= 0.3 is 5.97 Å². The van der Waals surface area contributed by atoms with Crippen molar-refractivity contribution in [1.29, 1.82) is 0 Å². The van der Waals surface area contributed by atoms with Crippen LogP contribution < -0.4 is 0 Å². The topological polar surface area (TPSA) is 204 Å². The first kappa shape index (κ1) is 18.2. The number of aliphatic carboxylic acids is 1. The molecule has 6 N–H and O–H groups in total. The predicted octanol–water partition coefficient (Wildman–Crippen LogP) is -2.86. The molecule has 0 heterocycles. The first-order valence-corrected chi connectivity index (χ1v) is 5.39. The number of azide groups is 1. The smallest absolute Gasteiger partial charge is 0.372 e. The van der Waals surface area contributed by atoms with E-state index in [1.165, 1.54) is 0 Å². The zero-order valence-electron chi connectivity index (χ0n) is 10.1. The van der Waals surface area contributed by atoms with Crippen molar-refractivity contribution in [2.75, 3.05) is 6.54 Å². The maximum Gasteiger partial charge on any atom is 0.372 e. The summed E-state index contributed by atoms with van der Waals surface area (Å²) in [6, 6.07) is 0. The lowest BCUT2D eigenvalue weighted by Gasteiger charge is -2.28. The number of carbonyl (C=O) groups is 2. The number of Topliss-reactive ketones (excluding diaryl/α,β-unsaturated/α-hetero) is 1. The Morgan fingerprint density at radius 3 is 1.95 bits per heavy atom. The zero-order chi connectivity index (χ0) is 15.9. The number of aliphatic hydroxyl groups excluding tert-OH is 5. The van der Waals surface area contributed by atoms with Crippen molar-refractivity contribution in [2.45, 2.75) is 36.9 Å². The highest BCUT2D eigenvalue weighted by Crippen LogP contribution is 2.11. The van der Waals surface area contributed by atoms with Crippen molar-refractivity contribution in [1.82, 2.24) is 0 Å². The molecule has 0 radical (unpaired) electrons. The summed E-state index contributed by atoms with van der Waals surface area (Å²) in [7, 11) is 0. The maximum atomic E-state index is 10.8. The number of carbonyl (C=O) groups excluding carboxylic acids is 1. The molecule has 0 bridgehead atoms. The number of aliphatic hydroxyl groups is 5. The molecule has 0 aromatic heterocycles. The molecular formula is C9H15N3O8. The Bertz CT molecular complexity index is 397. The van der Waals surface area contributed by atoms with Crippen LogP contribution in [-0.2, 0) is 9.59 Å². The molecule has 11 heteroatoms. The second-order valence-electron chi connectivity index (χ2n) is 3.95. The quantitative estimate of drug-likeness (QED) is 0.113. The Morgan fingerprint density at radius 2 is 1.50 bits per heavy atom. The number of hydrogen-bond donors (Lipinski definition) is 6. The molecule has 0 aliphatic heterocycles. The Balaban J connectivity index is 4.58. The van der Waals surface area contributed by atoms with Crippen LogP contribution >= 0.6 is 0 Å². The van der Waals surface area contributed by atoms with E-state index in [4.69, 9.17) is 10.6 Å². The standard InChI is InChI=1S/C9H15N3O8/c10-12-11-2-5(15)7(17)8(18)6(16)3(13)1-4(14)9(19)20/h3,5-8,13,15-18H,1-2H2,(H,19,20)/t3-,5+,6+,7+,8+/m0/s1. The van der Waals surface area contributed by atoms with Crippen molar-refractivity contribution in [3.63, 3.8) is 0 Å². The third-order valence-corrected chi connectivity index (χ3v) is 2.45. The van der Waals surface area contributed by atoms with Crippen molar-refractivity contribution in [3.05, 3.63) is 10.4 Å². The molecule has 0 spiro atoms. The Morgan fingerprint density at radius 1 is 1.00 bits per heavy atom. The fourth-order valence-electron chi connectivity index (χ4n) is 1.28. The molecular weight excluding hydrogens is 278 g/mol. The van der Waals surface area contributed by atoms with Gasteiger partial charge in [-0.1, -0.05) is 5.11 Å². The molecule has 0 saturated carbocycles. The average molecular weight is 293 g/mol. The maximum absolute atomic E-state index is 10.8. The molecule has 0 aromatic carbocycles. The fourth-order valence-corrected chi connectivity index (χ4v) is 1.28. The van der Waals surface area contributed by atoms with Gasteiger partial charge in [0, 0.05) is 11.3 Å². The Labute approximate surface area is 112 Å². The van der Waals surface area contributed by atoms with E-state index < -0.39 is 55.2 Å². The molecule has 0 aliphatic rings. The molecule has 114 valence electrons. The third kappa shape index (κ3) is 5.48. The fraction of sp³-hybridized carbons (Fsp3) is 0.778. The number of hydrogen-bond acceptors (Lipinski definition) is 8. The molecule has 0 fully saturated rings. The van der Waals surface area contributed by atoms with Crippen LogP contribution in [0.4, 0.5) is 0 Å². The number of nitrogens with zero attached hydrogens (tertiary/aromatic N) is 3. The van der Waals surface area contributed by atoms with Gasteiger partial charge in [-0.3, -0.25) is 4.79 Å². The van der Waals surface area contributed by atoms with Gasteiger partial charge in [-0.05, 0) is 5.53 Å². The summed E-state index contributed by atoms with van der Waals surface area (Å²) in [5.41, 5.74) is 8.00. The van der Waals surface area contributed by atoms with E-state index in [0.717, 1.165) is 0 Å². The van der Waals surface area contributed by atoms with Gasteiger partial charge in [-0.2, -0.15) is 0 Å². The lowest BCUT2D eigenvalue weighted by molar-refractivity contribution is -0.154. The van der Waals surface area contributed by atoms with Crippen LogP contribution in [0.1, 0.15) is 6.42 Å². The molecule has 0 rings (SSSR count). The summed E-state index contributed by atoms with van der Waals surface area (Å²) in [6.07, 6.45) is -10.8. The number of ketones is 1. The van der Waals surface area contributed by atoms with Gasteiger partial charge in [-0.25, -0.2) is 4.79 Å². The normalized spacial score (nSPS) is 18.2. The number of carboxylic acid groups (broad SMARTS) is 1. The van der Waals surface area contributed by atoms with Crippen LogP contribution in [0.2, 0.25) is 0 Å². The van der Waals surface area contributed by atoms with Gasteiger partial charge in [0.15, 0.2) is 0 Å². The van der Waals surface area contributed by atoms with E-state index in [1.54, 1.807) is 0 Å². The molecule has 20 heavy (non-hydrogen) atoms. The van der Waals surface area contributed by atoms with Crippen molar-refractivity contribution in [3.8, 4) is 0 Å².